The van der Waals surface area contributed by atoms with Gasteiger partial charge in [-0.25, -0.2) is 14.6 Å². The fourth-order valence-electron chi connectivity index (χ4n) is 0.847. The summed E-state index contributed by atoms with van der Waals surface area (Å²) in [5, 5.41) is 24.1. The van der Waals surface area contributed by atoms with Crippen molar-refractivity contribution in [2.24, 2.45) is 5.16 Å². The average molecular weight is 273 g/mol. The minimum Gasteiger partial charge on any atom is -0.479 e. The van der Waals surface area contributed by atoms with Crippen LogP contribution in [0.3, 0.4) is 0 Å². The van der Waals surface area contributed by atoms with Gasteiger partial charge in [0.1, 0.15) is 5.69 Å². The molecule has 1 aromatic rings. The summed E-state index contributed by atoms with van der Waals surface area (Å²) < 4.78 is 0. The number of anilines is 1. The number of aliphatic carboxylic acids is 2. The van der Waals surface area contributed by atoms with Crippen molar-refractivity contribution in [1.29, 1.82) is 0 Å². The van der Waals surface area contributed by atoms with E-state index in [1.54, 1.807) is 0 Å². The summed E-state index contributed by atoms with van der Waals surface area (Å²) in [7, 11) is 0. The number of carbonyl (C=O) groups is 3. The quantitative estimate of drug-likeness (QED) is 0.349. The summed E-state index contributed by atoms with van der Waals surface area (Å²) in [4.78, 5) is 39.3. The van der Waals surface area contributed by atoms with Gasteiger partial charge in [-0.05, 0) is 0 Å². The monoisotopic (exact) mass is 273 g/mol. The van der Waals surface area contributed by atoms with E-state index in [0.717, 1.165) is 11.3 Å². The topological polar surface area (TPSA) is 138 Å². The highest BCUT2D eigenvalue weighted by atomic mass is 32.1. The normalized spacial score (nSPS) is 10.8. The van der Waals surface area contributed by atoms with Crippen LogP contribution in [0, 0.1) is 0 Å². The Morgan fingerprint density at radius 1 is 1.56 bits per heavy atom. The van der Waals surface area contributed by atoms with E-state index in [4.69, 9.17) is 10.2 Å². The first kappa shape index (κ1) is 13.6. The molecule has 0 bridgehead atoms. The van der Waals surface area contributed by atoms with Gasteiger partial charge in [0.2, 0.25) is 18.7 Å². The predicted molar refractivity (Wildman–Crippen MR) is 59.6 cm³/mol. The van der Waals surface area contributed by atoms with Gasteiger partial charge in [-0.3, -0.25) is 4.79 Å². The molecule has 18 heavy (non-hydrogen) atoms. The van der Waals surface area contributed by atoms with Crippen molar-refractivity contribution in [2.45, 2.75) is 0 Å². The van der Waals surface area contributed by atoms with Crippen LogP contribution in [-0.4, -0.2) is 45.9 Å². The number of carboxylic acids is 2. The summed E-state index contributed by atoms with van der Waals surface area (Å²) in [5.74, 6) is -2.71. The highest BCUT2D eigenvalue weighted by Gasteiger charge is 2.17. The Balaban J connectivity index is 2.86. The minimum absolute atomic E-state index is 0.0396. The fraction of sp³-hybridized carbons (Fsp3) is 0.125. The van der Waals surface area contributed by atoms with Gasteiger partial charge in [-0.1, -0.05) is 5.16 Å². The number of hydrogen-bond acceptors (Lipinski definition) is 7. The number of thiazole rings is 1. The molecular weight excluding hydrogens is 266 g/mol. The Morgan fingerprint density at radius 2 is 2.28 bits per heavy atom. The Labute approximate surface area is 104 Å². The van der Waals surface area contributed by atoms with Gasteiger partial charge in [0.05, 0.1) is 0 Å². The number of hydrogen-bond donors (Lipinski definition) is 3. The number of oxime groups is 1. The van der Waals surface area contributed by atoms with Gasteiger partial charge in [-0.2, -0.15) is 0 Å². The van der Waals surface area contributed by atoms with Crippen molar-refractivity contribution in [3.8, 4) is 0 Å². The lowest BCUT2D eigenvalue weighted by Gasteiger charge is -1.97. The first-order chi connectivity index (χ1) is 8.54. The van der Waals surface area contributed by atoms with E-state index in [1.165, 1.54) is 5.38 Å². The Bertz CT molecular complexity index is 497. The zero-order valence-corrected chi connectivity index (χ0v) is 9.51. The number of rotatable bonds is 7. The maximum Gasteiger partial charge on any atom is 0.360 e. The second-order valence-electron chi connectivity index (χ2n) is 2.71. The van der Waals surface area contributed by atoms with Crippen molar-refractivity contribution in [3.05, 3.63) is 11.1 Å². The maximum absolute atomic E-state index is 10.9. The lowest BCUT2D eigenvalue weighted by Crippen LogP contribution is -2.16. The minimum atomic E-state index is -1.43. The lowest BCUT2D eigenvalue weighted by atomic mass is 10.3. The fourth-order valence-corrected chi connectivity index (χ4v) is 1.50. The van der Waals surface area contributed by atoms with Gasteiger partial charge >= 0.3 is 11.9 Å². The van der Waals surface area contributed by atoms with Gasteiger partial charge in [-0.15, -0.1) is 11.3 Å². The second kappa shape index (κ2) is 6.30. The van der Waals surface area contributed by atoms with Crippen LogP contribution in [-0.2, 0) is 19.2 Å². The van der Waals surface area contributed by atoms with Crippen molar-refractivity contribution >= 4 is 40.5 Å². The smallest absolute Gasteiger partial charge is 0.360 e. The van der Waals surface area contributed by atoms with Crippen molar-refractivity contribution < 1.29 is 29.4 Å². The molecule has 0 saturated heterocycles. The van der Waals surface area contributed by atoms with E-state index in [-0.39, 0.29) is 10.8 Å². The Kier molecular flexibility index (Phi) is 4.75. The van der Waals surface area contributed by atoms with Crippen LogP contribution < -0.4 is 5.32 Å². The summed E-state index contributed by atoms with van der Waals surface area (Å²) in [5.41, 5.74) is -0.589. The number of nitrogens with one attached hydrogen (secondary N) is 1. The summed E-state index contributed by atoms with van der Waals surface area (Å²) in [6.45, 7) is -0.764. The van der Waals surface area contributed by atoms with Gasteiger partial charge in [0.25, 0.3) is 0 Å². The number of carbonyl (C=O) groups excluding carboxylic acids is 1. The van der Waals surface area contributed by atoms with Gasteiger partial charge in [0.15, 0.2) is 5.13 Å². The standard InChI is InChI=1S/C8H7N3O6S/c12-3-9-8-10-4(2-18-8)6(7(15)16)11-17-1-5(13)14/h2-3H,1H2,(H,13,14)(H,15,16)(H,9,10,12)/b11-6+. The third-order valence-electron chi connectivity index (χ3n) is 1.48. The molecule has 1 heterocycles. The molecule has 0 atom stereocenters. The van der Waals surface area contributed by atoms with Crippen LogP contribution in [0.2, 0.25) is 0 Å². The first-order valence-corrected chi connectivity index (χ1v) is 5.23. The molecule has 0 aliphatic rings. The molecule has 0 saturated carbocycles. The summed E-state index contributed by atoms with van der Waals surface area (Å²) in [6, 6.07) is 0. The molecule has 1 amide bonds. The molecule has 0 aromatic carbocycles. The molecule has 0 aliphatic heterocycles. The molecule has 0 unspecified atom stereocenters. The zero-order chi connectivity index (χ0) is 13.5. The van der Waals surface area contributed by atoms with Crippen LogP contribution in [0.5, 0.6) is 0 Å². The van der Waals surface area contributed by atoms with Crippen LogP contribution in [0.1, 0.15) is 5.69 Å². The third-order valence-corrected chi connectivity index (χ3v) is 2.25. The Morgan fingerprint density at radius 3 is 2.83 bits per heavy atom. The molecule has 0 aliphatic carbocycles. The van der Waals surface area contributed by atoms with E-state index in [1.807, 2.05) is 0 Å². The molecule has 0 spiro atoms. The molecule has 3 N–H and O–H groups in total. The molecule has 0 fully saturated rings. The average Bonchev–Trinajstić information content (AvgIpc) is 2.72. The Hall–Kier alpha value is -2.49. The molecule has 1 rings (SSSR count). The number of carboxylic acid groups (broad SMARTS) is 2. The highest BCUT2D eigenvalue weighted by Crippen LogP contribution is 2.15. The van der Waals surface area contributed by atoms with Crippen molar-refractivity contribution in [2.75, 3.05) is 11.9 Å². The summed E-state index contributed by atoms with van der Waals surface area (Å²) in [6.07, 6.45) is 0.390. The number of aromatic nitrogens is 1. The lowest BCUT2D eigenvalue weighted by molar-refractivity contribution is -0.142. The molecule has 1 aromatic heterocycles. The SMILES string of the molecule is O=CNc1nc(/C(=N\OCC(=O)O)C(=O)O)cs1. The van der Waals surface area contributed by atoms with E-state index in [0.29, 0.717) is 6.41 Å². The van der Waals surface area contributed by atoms with Gasteiger partial charge in [0, 0.05) is 5.38 Å². The molecule has 10 heteroatoms. The largest absolute Gasteiger partial charge is 0.479 e. The number of nitrogens with zero attached hydrogens (tertiary/aromatic N) is 2. The van der Waals surface area contributed by atoms with E-state index in [9.17, 15) is 14.4 Å². The predicted octanol–water partition coefficient (Wildman–Crippen LogP) is -0.399. The molecule has 96 valence electrons. The first-order valence-electron chi connectivity index (χ1n) is 4.35. The number of amides is 1. The molecular formula is C8H7N3O6S. The van der Waals surface area contributed by atoms with E-state index < -0.39 is 24.3 Å². The van der Waals surface area contributed by atoms with Crippen molar-refractivity contribution in [3.63, 3.8) is 0 Å². The molecule has 0 radical (unpaired) electrons. The van der Waals surface area contributed by atoms with Crippen LogP contribution in [0.15, 0.2) is 10.5 Å². The third kappa shape index (κ3) is 3.83. The van der Waals surface area contributed by atoms with Crippen LogP contribution >= 0.6 is 11.3 Å². The van der Waals surface area contributed by atoms with E-state index >= 15 is 0 Å². The van der Waals surface area contributed by atoms with Crippen LogP contribution in [0.25, 0.3) is 0 Å². The zero-order valence-electron chi connectivity index (χ0n) is 8.69. The highest BCUT2D eigenvalue weighted by molar-refractivity contribution is 7.14. The van der Waals surface area contributed by atoms with Crippen molar-refractivity contribution in [1.82, 2.24) is 4.98 Å². The maximum atomic E-state index is 10.9. The van der Waals surface area contributed by atoms with E-state index in [2.05, 4.69) is 20.3 Å². The second-order valence-corrected chi connectivity index (χ2v) is 3.57. The molecule has 9 nitrogen and oxygen atoms in total. The van der Waals surface area contributed by atoms with Crippen LogP contribution in [0.4, 0.5) is 5.13 Å². The van der Waals surface area contributed by atoms with Gasteiger partial charge < -0.3 is 20.4 Å². The summed E-state index contributed by atoms with van der Waals surface area (Å²) >= 11 is 0.990.